The second-order valence-corrected chi connectivity index (χ2v) is 3.89. The zero-order chi connectivity index (χ0) is 11.4. The Morgan fingerprint density at radius 1 is 1.25 bits per heavy atom. The van der Waals surface area contributed by atoms with E-state index in [1.165, 1.54) is 18.2 Å². The summed E-state index contributed by atoms with van der Waals surface area (Å²) in [5.41, 5.74) is 0.454. The van der Waals surface area contributed by atoms with E-state index < -0.39 is 0 Å². The van der Waals surface area contributed by atoms with Gasteiger partial charge < -0.3 is 4.90 Å². The zero-order valence-corrected chi connectivity index (χ0v) is 9.03. The van der Waals surface area contributed by atoms with Crippen molar-refractivity contribution in [3.05, 3.63) is 41.7 Å². The fourth-order valence-electron chi connectivity index (χ4n) is 1.81. The van der Waals surface area contributed by atoms with Crippen molar-refractivity contribution in [2.75, 3.05) is 13.1 Å². The average Bonchev–Trinajstić information content (AvgIpc) is 2.81. The summed E-state index contributed by atoms with van der Waals surface area (Å²) in [6.07, 6.45) is 5.12. The van der Waals surface area contributed by atoms with Gasteiger partial charge >= 0.3 is 0 Å². The predicted octanol–water partition coefficient (Wildman–Crippen LogP) is 2.46. The third-order valence-corrected chi connectivity index (χ3v) is 2.73. The van der Waals surface area contributed by atoms with E-state index in [1.54, 1.807) is 23.1 Å². The summed E-state index contributed by atoms with van der Waals surface area (Å²) < 4.78 is 13.2. The lowest BCUT2D eigenvalue weighted by Crippen LogP contribution is -2.25. The lowest BCUT2D eigenvalue weighted by molar-refractivity contribution is -0.124. The SMILES string of the molecule is O=C(/C=C\c1ccccc1F)N1CCCC1. The van der Waals surface area contributed by atoms with E-state index in [0.717, 1.165) is 25.9 Å². The minimum absolute atomic E-state index is 0.0271. The largest absolute Gasteiger partial charge is 0.339 e. The number of nitrogens with zero attached hydrogens (tertiary/aromatic N) is 1. The van der Waals surface area contributed by atoms with E-state index in [4.69, 9.17) is 0 Å². The molecule has 0 atom stereocenters. The van der Waals surface area contributed by atoms with Crippen LogP contribution in [-0.2, 0) is 4.79 Å². The number of likely N-dealkylation sites (tertiary alicyclic amines) is 1. The monoisotopic (exact) mass is 219 g/mol. The van der Waals surface area contributed by atoms with Gasteiger partial charge in [0.1, 0.15) is 5.82 Å². The van der Waals surface area contributed by atoms with Gasteiger partial charge in [-0.1, -0.05) is 18.2 Å². The Hall–Kier alpha value is -1.64. The summed E-state index contributed by atoms with van der Waals surface area (Å²) in [5, 5.41) is 0. The molecule has 0 aromatic heterocycles. The zero-order valence-electron chi connectivity index (χ0n) is 9.03. The minimum Gasteiger partial charge on any atom is -0.339 e. The molecule has 2 nitrogen and oxygen atoms in total. The van der Waals surface area contributed by atoms with Crippen molar-refractivity contribution in [1.29, 1.82) is 0 Å². The highest BCUT2D eigenvalue weighted by molar-refractivity contribution is 5.91. The number of carbonyl (C=O) groups is 1. The minimum atomic E-state index is -0.298. The molecule has 1 amide bonds. The number of amides is 1. The van der Waals surface area contributed by atoms with Crippen molar-refractivity contribution in [3.8, 4) is 0 Å². The Morgan fingerprint density at radius 2 is 1.94 bits per heavy atom. The standard InChI is InChI=1S/C13H14FNO/c14-12-6-2-1-5-11(12)7-8-13(16)15-9-3-4-10-15/h1-2,5-8H,3-4,9-10H2/b8-7-. The van der Waals surface area contributed by atoms with Crippen LogP contribution in [-0.4, -0.2) is 23.9 Å². The van der Waals surface area contributed by atoms with E-state index in [9.17, 15) is 9.18 Å². The summed E-state index contributed by atoms with van der Waals surface area (Å²) in [6, 6.07) is 6.43. The van der Waals surface area contributed by atoms with Gasteiger partial charge in [-0.3, -0.25) is 4.79 Å². The molecule has 0 N–H and O–H groups in total. The fourth-order valence-corrected chi connectivity index (χ4v) is 1.81. The topological polar surface area (TPSA) is 20.3 Å². The molecule has 1 saturated heterocycles. The number of rotatable bonds is 2. The molecular weight excluding hydrogens is 205 g/mol. The highest BCUT2D eigenvalue weighted by Crippen LogP contribution is 2.11. The Balaban J connectivity index is 2.03. The van der Waals surface area contributed by atoms with E-state index >= 15 is 0 Å². The first kappa shape index (κ1) is 10.9. The summed E-state index contributed by atoms with van der Waals surface area (Å²) in [4.78, 5) is 13.4. The van der Waals surface area contributed by atoms with Gasteiger partial charge in [-0.05, 0) is 25.0 Å². The first-order chi connectivity index (χ1) is 7.77. The molecule has 0 spiro atoms. The molecule has 0 bridgehead atoms. The van der Waals surface area contributed by atoms with Gasteiger partial charge in [-0.15, -0.1) is 0 Å². The maximum absolute atomic E-state index is 13.2. The molecule has 84 valence electrons. The number of halogens is 1. The van der Waals surface area contributed by atoms with Crippen LogP contribution in [0.3, 0.4) is 0 Å². The van der Waals surface area contributed by atoms with Gasteiger partial charge in [-0.25, -0.2) is 4.39 Å². The van der Waals surface area contributed by atoms with Gasteiger partial charge in [-0.2, -0.15) is 0 Å². The molecule has 3 heteroatoms. The Morgan fingerprint density at radius 3 is 2.62 bits per heavy atom. The van der Waals surface area contributed by atoms with Gasteiger partial charge in [0.15, 0.2) is 0 Å². The predicted molar refractivity (Wildman–Crippen MR) is 61.2 cm³/mol. The Bertz CT molecular complexity index is 408. The van der Waals surface area contributed by atoms with E-state index in [0.29, 0.717) is 5.56 Å². The molecular formula is C13H14FNO. The third-order valence-electron chi connectivity index (χ3n) is 2.73. The fraction of sp³-hybridized carbons (Fsp3) is 0.308. The lowest BCUT2D eigenvalue weighted by Gasteiger charge is -2.11. The Kier molecular flexibility index (Phi) is 3.34. The maximum atomic E-state index is 13.2. The van der Waals surface area contributed by atoms with Gasteiger partial charge in [0.2, 0.25) is 5.91 Å². The van der Waals surface area contributed by atoms with Crippen molar-refractivity contribution >= 4 is 12.0 Å². The van der Waals surface area contributed by atoms with Crippen LogP contribution in [0.4, 0.5) is 4.39 Å². The molecule has 16 heavy (non-hydrogen) atoms. The summed E-state index contributed by atoms with van der Waals surface area (Å²) in [7, 11) is 0. The van der Waals surface area contributed by atoms with Gasteiger partial charge in [0.05, 0.1) is 0 Å². The average molecular weight is 219 g/mol. The number of hydrogen-bond donors (Lipinski definition) is 0. The molecule has 0 unspecified atom stereocenters. The van der Waals surface area contributed by atoms with E-state index in [-0.39, 0.29) is 11.7 Å². The van der Waals surface area contributed by atoms with Crippen LogP contribution in [0.1, 0.15) is 18.4 Å². The van der Waals surface area contributed by atoms with Crippen molar-refractivity contribution in [3.63, 3.8) is 0 Å². The molecule has 2 rings (SSSR count). The van der Waals surface area contributed by atoms with Crippen LogP contribution >= 0.6 is 0 Å². The number of carbonyl (C=O) groups excluding carboxylic acids is 1. The third kappa shape index (κ3) is 2.48. The highest BCUT2D eigenvalue weighted by Gasteiger charge is 2.15. The van der Waals surface area contributed by atoms with Gasteiger partial charge in [0.25, 0.3) is 0 Å². The summed E-state index contributed by atoms with van der Waals surface area (Å²) in [5.74, 6) is -0.325. The van der Waals surface area contributed by atoms with Gasteiger partial charge in [0, 0.05) is 24.7 Å². The van der Waals surface area contributed by atoms with Crippen LogP contribution in [0.2, 0.25) is 0 Å². The molecule has 0 radical (unpaired) electrons. The molecule has 0 aliphatic carbocycles. The molecule has 0 saturated carbocycles. The van der Waals surface area contributed by atoms with Crippen LogP contribution < -0.4 is 0 Å². The first-order valence-electron chi connectivity index (χ1n) is 5.49. The highest BCUT2D eigenvalue weighted by atomic mass is 19.1. The van der Waals surface area contributed by atoms with Crippen molar-refractivity contribution in [2.45, 2.75) is 12.8 Å². The molecule has 1 heterocycles. The van der Waals surface area contributed by atoms with Crippen LogP contribution in [0.25, 0.3) is 6.08 Å². The lowest BCUT2D eigenvalue weighted by atomic mass is 10.2. The molecule has 1 aromatic rings. The molecule has 1 aromatic carbocycles. The quantitative estimate of drug-likeness (QED) is 0.700. The molecule has 1 fully saturated rings. The normalized spacial score (nSPS) is 15.9. The second kappa shape index (κ2) is 4.92. The van der Waals surface area contributed by atoms with Crippen LogP contribution in [0.15, 0.2) is 30.3 Å². The first-order valence-corrected chi connectivity index (χ1v) is 5.49. The van der Waals surface area contributed by atoms with Crippen LogP contribution in [0, 0.1) is 5.82 Å². The van der Waals surface area contributed by atoms with E-state index in [2.05, 4.69) is 0 Å². The molecule has 1 aliphatic rings. The summed E-state index contributed by atoms with van der Waals surface area (Å²) >= 11 is 0. The smallest absolute Gasteiger partial charge is 0.246 e. The van der Waals surface area contributed by atoms with Crippen molar-refractivity contribution < 1.29 is 9.18 Å². The number of benzene rings is 1. The number of hydrogen-bond acceptors (Lipinski definition) is 1. The second-order valence-electron chi connectivity index (χ2n) is 3.89. The van der Waals surface area contributed by atoms with Crippen LogP contribution in [0.5, 0.6) is 0 Å². The van der Waals surface area contributed by atoms with Crippen molar-refractivity contribution in [2.24, 2.45) is 0 Å². The summed E-state index contributed by atoms with van der Waals surface area (Å²) in [6.45, 7) is 1.64. The van der Waals surface area contributed by atoms with Crippen molar-refractivity contribution in [1.82, 2.24) is 4.90 Å². The molecule has 1 aliphatic heterocycles. The Labute approximate surface area is 94.4 Å². The maximum Gasteiger partial charge on any atom is 0.246 e. The van der Waals surface area contributed by atoms with E-state index in [1.807, 2.05) is 0 Å².